The summed E-state index contributed by atoms with van der Waals surface area (Å²) in [4.78, 5) is 16.6. The van der Waals surface area contributed by atoms with Crippen LogP contribution in [0.25, 0.3) is 5.82 Å². The molecule has 0 fully saturated rings. The van der Waals surface area contributed by atoms with Crippen molar-refractivity contribution in [2.24, 2.45) is 5.92 Å². The minimum Gasteiger partial charge on any atom is -0.352 e. The number of rotatable bonds is 7. The Morgan fingerprint density at radius 3 is 2.52 bits per heavy atom. The second-order valence-electron chi connectivity index (χ2n) is 5.95. The van der Waals surface area contributed by atoms with Gasteiger partial charge >= 0.3 is 0 Å². The first-order chi connectivity index (χ1) is 12.3. The van der Waals surface area contributed by atoms with Crippen LogP contribution in [0.2, 0.25) is 0 Å². The Bertz CT molecular complexity index is 784. The molecule has 1 N–H and O–H groups in total. The first kappa shape index (κ1) is 16.8. The lowest BCUT2D eigenvalue weighted by molar-refractivity contribution is 0.0946. The zero-order valence-corrected chi connectivity index (χ0v) is 14.2. The molecule has 128 valence electrons. The second-order valence-corrected chi connectivity index (χ2v) is 5.95. The minimum atomic E-state index is -0.102. The molecule has 6 nitrogen and oxygen atoms in total. The number of hydrogen-bond acceptors (Lipinski definition) is 4. The van der Waals surface area contributed by atoms with Crippen LogP contribution in [0, 0.1) is 5.92 Å². The molecule has 1 amide bonds. The summed E-state index contributed by atoms with van der Waals surface area (Å²) in [5.41, 5.74) is 1.84. The van der Waals surface area contributed by atoms with Crippen molar-refractivity contribution < 1.29 is 4.79 Å². The Hall–Kier alpha value is -3.02. The maximum absolute atomic E-state index is 12.3. The van der Waals surface area contributed by atoms with Gasteiger partial charge in [-0.3, -0.25) is 9.36 Å². The molecule has 0 saturated heterocycles. The Morgan fingerprint density at radius 2 is 1.88 bits per heavy atom. The van der Waals surface area contributed by atoms with Crippen LogP contribution >= 0.6 is 0 Å². The molecule has 0 aliphatic rings. The highest BCUT2D eigenvalue weighted by Gasteiger charge is 2.11. The van der Waals surface area contributed by atoms with Crippen molar-refractivity contribution in [3.8, 4) is 5.82 Å². The number of amides is 1. The van der Waals surface area contributed by atoms with Crippen molar-refractivity contribution in [2.45, 2.75) is 19.8 Å². The second kappa shape index (κ2) is 8.19. The smallest absolute Gasteiger partial charge is 0.252 e. The topological polar surface area (TPSA) is 72.7 Å². The average Bonchev–Trinajstić information content (AvgIpc) is 3.20. The first-order valence-corrected chi connectivity index (χ1v) is 8.39. The fraction of sp³-hybridized carbons (Fsp3) is 0.263. The van der Waals surface area contributed by atoms with Crippen LogP contribution in [0.3, 0.4) is 0 Å². The molecule has 0 aliphatic heterocycles. The van der Waals surface area contributed by atoms with Gasteiger partial charge in [0.2, 0.25) is 0 Å². The Kier molecular flexibility index (Phi) is 5.51. The van der Waals surface area contributed by atoms with E-state index in [1.807, 2.05) is 18.2 Å². The number of hydrogen-bond donors (Lipinski definition) is 1. The van der Waals surface area contributed by atoms with Crippen molar-refractivity contribution in [3.63, 3.8) is 0 Å². The molecule has 6 heteroatoms. The molecular weight excluding hydrogens is 314 g/mol. The maximum Gasteiger partial charge on any atom is 0.252 e. The summed E-state index contributed by atoms with van der Waals surface area (Å²) in [5.74, 6) is 0.988. The van der Waals surface area contributed by atoms with E-state index in [1.165, 1.54) is 5.56 Å². The van der Waals surface area contributed by atoms with E-state index in [4.69, 9.17) is 0 Å². The third kappa shape index (κ3) is 4.50. The molecule has 0 spiro atoms. The van der Waals surface area contributed by atoms with E-state index >= 15 is 0 Å². The predicted molar refractivity (Wildman–Crippen MR) is 95.4 cm³/mol. The summed E-state index contributed by atoms with van der Waals surface area (Å²) >= 11 is 0. The van der Waals surface area contributed by atoms with Crippen molar-refractivity contribution in [2.75, 3.05) is 6.54 Å². The van der Waals surface area contributed by atoms with Crippen LogP contribution in [0.5, 0.6) is 0 Å². The quantitative estimate of drug-likeness (QED) is 0.720. The lowest BCUT2D eigenvalue weighted by atomic mass is 9.97. The van der Waals surface area contributed by atoms with Crippen LogP contribution in [-0.4, -0.2) is 32.2 Å². The van der Waals surface area contributed by atoms with Crippen LogP contribution in [-0.2, 0) is 6.42 Å². The van der Waals surface area contributed by atoms with Gasteiger partial charge in [-0.15, -0.1) is 10.2 Å². The molecular formula is C19H21N5O. The fourth-order valence-corrected chi connectivity index (χ4v) is 2.64. The van der Waals surface area contributed by atoms with Gasteiger partial charge in [0.1, 0.15) is 18.5 Å². The third-order valence-electron chi connectivity index (χ3n) is 4.19. The van der Waals surface area contributed by atoms with E-state index in [0.717, 1.165) is 12.8 Å². The average molecular weight is 335 g/mol. The van der Waals surface area contributed by atoms with Crippen LogP contribution in [0.4, 0.5) is 0 Å². The molecule has 0 aliphatic carbocycles. The number of nitrogens with zero attached hydrogens (tertiary/aromatic N) is 4. The zero-order chi connectivity index (χ0) is 17.5. The molecule has 0 saturated carbocycles. The van der Waals surface area contributed by atoms with Gasteiger partial charge in [0, 0.05) is 12.7 Å². The number of pyridine rings is 1. The van der Waals surface area contributed by atoms with Crippen molar-refractivity contribution in [1.29, 1.82) is 0 Å². The highest BCUT2D eigenvalue weighted by Crippen LogP contribution is 2.12. The Morgan fingerprint density at radius 1 is 1.12 bits per heavy atom. The highest BCUT2D eigenvalue weighted by atomic mass is 16.1. The molecule has 0 radical (unpaired) electrons. The zero-order valence-electron chi connectivity index (χ0n) is 14.2. The van der Waals surface area contributed by atoms with Crippen molar-refractivity contribution >= 4 is 5.91 Å². The third-order valence-corrected chi connectivity index (χ3v) is 4.19. The van der Waals surface area contributed by atoms with Crippen molar-refractivity contribution in [3.05, 3.63) is 72.4 Å². The normalized spacial score (nSPS) is 11.9. The molecule has 2 heterocycles. The van der Waals surface area contributed by atoms with Crippen molar-refractivity contribution in [1.82, 2.24) is 25.1 Å². The van der Waals surface area contributed by atoms with E-state index in [2.05, 4.69) is 39.6 Å². The molecule has 25 heavy (non-hydrogen) atoms. The summed E-state index contributed by atoms with van der Waals surface area (Å²) < 4.78 is 1.69. The number of aromatic nitrogens is 4. The largest absolute Gasteiger partial charge is 0.352 e. The van der Waals surface area contributed by atoms with Crippen LogP contribution < -0.4 is 5.32 Å². The fourth-order valence-electron chi connectivity index (χ4n) is 2.64. The maximum atomic E-state index is 12.3. The van der Waals surface area contributed by atoms with E-state index in [-0.39, 0.29) is 5.91 Å². The van der Waals surface area contributed by atoms with Crippen LogP contribution in [0.15, 0.2) is 61.3 Å². The van der Waals surface area contributed by atoms with E-state index in [9.17, 15) is 4.79 Å². The van der Waals surface area contributed by atoms with Gasteiger partial charge in [-0.1, -0.05) is 43.7 Å². The minimum absolute atomic E-state index is 0.102. The van der Waals surface area contributed by atoms with Gasteiger partial charge in [0.15, 0.2) is 0 Å². The van der Waals surface area contributed by atoms with Gasteiger partial charge in [-0.25, -0.2) is 4.98 Å². The number of benzene rings is 1. The van der Waals surface area contributed by atoms with E-state index in [0.29, 0.717) is 23.8 Å². The number of carbonyl (C=O) groups excluding carboxylic acids is 1. The van der Waals surface area contributed by atoms with E-state index < -0.39 is 0 Å². The predicted octanol–water partition coefficient (Wildman–Crippen LogP) is 2.66. The molecule has 1 atom stereocenters. The van der Waals surface area contributed by atoms with Gasteiger partial charge in [-0.05, 0) is 30.0 Å². The van der Waals surface area contributed by atoms with Gasteiger partial charge in [0.25, 0.3) is 5.91 Å². The SMILES string of the molecule is CC[C@@H](CNC(=O)c1ccc(-n2cnnc2)nc1)Cc1ccccc1. The lowest BCUT2D eigenvalue weighted by Gasteiger charge is -2.16. The van der Waals surface area contributed by atoms with Gasteiger partial charge < -0.3 is 5.32 Å². The molecule has 0 unspecified atom stereocenters. The summed E-state index contributed by atoms with van der Waals surface area (Å²) in [7, 11) is 0. The first-order valence-electron chi connectivity index (χ1n) is 8.39. The Balaban J connectivity index is 1.56. The monoisotopic (exact) mass is 335 g/mol. The summed E-state index contributed by atoms with van der Waals surface area (Å²) in [5, 5.41) is 10.5. The van der Waals surface area contributed by atoms with Gasteiger partial charge in [-0.2, -0.15) is 0 Å². The van der Waals surface area contributed by atoms with E-state index in [1.54, 1.807) is 35.6 Å². The summed E-state index contributed by atoms with van der Waals surface area (Å²) in [6, 6.07) is 13.9. The van der Waals surface area contributed by atoms with Gasteiger partial charge in [0.05, 0.1) is 5.56 Å². The Labute approximate surface area is 146 Å². The summed E-state index contributed by atoms with van der Waals surface area (Å²) in [6.45, 7) is 2.80. The molecule has 3 aromatic rings. The highest BCUT2D eigenvalue weighted by molar-refractivity contribution is 5.93. The lowest BCUT2D eigenvalue weighted by Crippen LogP contribution is -2.30. The number of nitrogens with one attached hydrogen (secondary N) is 1. The molecule has 0 bridgehead atoms. The molecule has 2 aromatic heterocycles. The van der Waals surface area contributed by atoms with Crippen LogP contribution in [0.1, 0.15) is 29.3 Å². The molecule has 3 rings (SSSR count). The summed E-state index contributed by atoms with van der Waals surface area (Å²) in [6.07, 6.45) is 6.68. The number of carbonyl (C=O) groups is 1. The molecule has 1 aromatic carbocycles. The standard InChI is InChI=1S/C19H21N5O/c1-2-15(10-16-6-4-3-5-7-16)11-21-19(25)17-8-9-18(20-12-17)24-13-22-23-14-24/h3-9,12-15H,2,10-11H2,1H3,(H,21,25)/t15-/m1/s1.